The summed E-state index contributed by atoms with van der Waals surface area (Å²) in [6, 6.07) is 10.1. The van der Waals surface area contributed by atoms with Gasteiger partial charge in [0.05, 0.1) is 0 Å². The standard InChI is InChI=1S/C18H23N3O2/c1-12-11-21(13(2)22)8-7-16(12)19-10-15-9-14-5-3-4-6-17(14)20-18(15)23/h3-6,9,12,16,19H,7-8,10-11H2,1-2H3,(H,20,23)/t12-,16+/m1/s1. The van der Waals surface area contributed by atoms with Crippen LogP contribution in [0.4, 0.5) is 0 Å². The molecular weight excluding hydrogens is 290 g/mol. The number of carbonyl (C=O) groups is 1. The first-order chi connectivity index (χ1) is 11.0. The number of aromatic amines is 1. The molecule has 1 aromatic carbocycles. The van der Waals surface area contributed by atoms with Gasteiger partial charge in [0, 0.05) is 43.7 Å². The van der Waals surface area contributed by atoms with Crippen molar-refractivity contribution in [3.05, 3.63) is 46.2 Å². The summed E-state index contributed by atoms with van der Waals surface area (Å²) >= 11 is 0. The predicted octanol–water partition coefficient (Wildman–Crippen LogP) is 1.87. The summed E-state index contributed by atoms with van der Waals surface area (Å²) in [6.45, 7) is 5.88. The van der Waals surface area contributed by atoms with Gasteiger partial charge in [-0.1, -0.05) is 25.1 Å². The summed E-state index contributed by atoms with van der Waals surface area (Å²) < 4.78 is 0. The quantitative estimate of drug-likeness (QED) is 0.909. The summed E-state index contributed by atoms with van der Waals surface area (Å²) in [6.07, 6.45) is 0.923. The van der Waals surface area contributed by atoms with Crippen molar-refractivity contribution in [3.8, 4) is 0 Å². The molecule has 1 aromatic heterocycles. The number of nitrogens with zero attached hydrogens (tertiary/aromatic N) is 1. The lowest BCUT2D eigenvalue weighted by molar-refractivity contribution is -0.130. The maximum Gasteiger partial charge on any atom is 0.252 e. The molecule has 2 N–H and O–H groups in total. The lowest BCUT2D eigenvalue weighted by Crippen LogP contribution is -2.49. The van der Waals surface area contributed by atoms with Gasteiger partial charge in [-0.2, -0.15) is 0 Å². The normalized spacial score (nSPS) is 21.6. The highest BCUT2D eigenvalue weighted by atomic mass is 16.2. The Morgan fingerprint density at radius 3 is 2.91 bits per heavy atom. The largest absolute Gasteiger partial charge is 0.343 e. The molecule has 1 fully saturated rings. The summed E-state index contributed by atoms with van der Waals surface area (Å²) in [5, 5.41) is 4.54. The number of rotatable bonds is 3. The molecule has 1 amide bonds. The number of likely N-dealkylation sites (tertiary alicyclic amines) is 1. The Kier molecular flexibility index (Phi) is 4.48. The molecule has 3 rings (SSSR count). The maximum absolute atomic E-state index is 12.2. The Hall–Kier alpha value is -2.14. The fourth-order valence-corrected chi connectivity index (χ4v) is 3.30. The number of aromatic nitrogens is 1. The van der Waals surface area contributed by atoms with E-state index in [1.807, 2.05) is 35.2 Å². The first-order valence-corrected chi connectivity index (χ1v) is 8.14. The molecule has 0 unspecified atom stereocenters. The fraction of sp³-hybridized carbons (Fsp3) is 0.444. The zero-order valence-electron chi connectivity index (χ0n) is 13.6. The second-order valence-electron chi connectivity index (χ2n) is 6.43. The number of amides is 1. The van der Waals surface area contributed by atoms with Gasteiger partial charge in [-0.15, -0.1) is 0 Å². The van der Waals surface area contributed by atoms with Crippen molar-refractivity contribution in [2.45, 2.75) is 32.9 Å². The van der Waals surface area contributed by atoms with E-state index in [4.69, 9.17) is 0 Å². The van der Waals surface area contributed by atoms with E-state index in [0.717, 1.165) is 36.0 Å². The molecule has 0 radical (unpaired) electrons. The average molecular weight is 313 g/mol. The second-order valence-corrected chi connectivity index (χ2v) is 6.43. The van der Waals surface area contributed by atoms with E-state index < -0.39 is 0 Å². The molecule has 1 aliphatic heterocycles. The average Bonchev–Trinajstić information content (AvgIpc) is 2.53. The van der Waals surface area contributed by atoms with Crippen LogP contribution in [0.25, 0.3) is 10.9 Å². The van der Waals surface area contributed by atoms with Gasteiger partial charge in [-0.05, 0) is 29.9 Å². The highest BCUT2D eigenvalue weighted by molar-refractivity contribution is 5.78. The van der Waals surface area contributed by atoms with Crippen LogP contribution in [-0.2, 0) is 11.3 Å². The van der Waals surface area contributed by atoms with E-state index >= 15 is 0 Å². The molecule has 0 bridgehead atoms. The zero-order chi connectivity index (χ0) is 16.4. The molecule has 2 atom stereocenters. The fourth-order valence-electron chi connectivity index (χ4n) is 3.30. The number of hydrogen-bond acceptors (Lipinski definition) is 3. The minimum absolute atomic E-state index is 0.0370. The molecule has 122 valence electrons. The van der Waals surface area contributed by atoms with Crippen LogP contribution in [0, 0.1) is 5.92 Å². The van der Waals surface area contributed by atoms with Gasteiger partial charge in [-0.3, -0.25) is 9.59 Å². The van der Waals surface area contributed by atoms with Crippen molar-refractivity contribution in [3.63, 3.8) is 0 Å². The van der Waals surface area contributed by atoms with Gasteiger partial charge in [0.15, 0.2) is 0 Å². The molecule has 0 aliphatic carbocycles. The number of benzene rings is 1. The second kappa shape index (κ2) is 6.54. The third-order valence-corrected chi connectivity index (χ3v) is 4.74. The molecule has 23 heavy (non-hydrogen) atoms. The van der Waals surface area contributed by atoms with Gasteiger partial charge in [-0.25, -0.2) is 0 Å². The van der Waals surface area contributed by atoms with Gasteiger partial charge < -0.3 is 15.2 Å². The molecule has 2 aromatic rings. The minimum atomic E-state index is -0.0370. The van der Waals surface area contributed by atoms with Crippen LogP contribution in [0.5, 0.6) is 0 Å². The summed E-state index contributed by atoms with van der Waals surface area (Å²) in [7, 11) is 0. The Balaban J connectivity index is 1.68. The molecular formula is C18H23N3O2. The Morgan fingerprint density at radius 2 is 2.17 bits per heavy atom. The predicted molar refractivity (Wildman–Crippen MR) is 91.2 cm³/mol. The number of hydrogen-bond donors (Lipinski definition) is 2. The van der Waals surface area contributed by atoms with Gasteiger partial charge in [0.2, 0.25) is 5.91 Å². The van der Waals surface area contributed by atoms with Crippen molar-refractivity contribution in [2.75, 3.05) is 13.1 Å². The Labute approximate surface area is 135 Å². The van der Waals surface area contributed by atoms with Crippen LogP contribution in [0.3, 0.4) is 0 Å². The molecule has 0 saturated carbocycles. The lowest BCUT2D eigenvalue weighted by atomic mass is 9.93. The summed E-state index contributed by atoms with van der Waals surface area (Å²) in [5.41, 5.74) is 1.58. The molecule has 5 nitrogen and oxygen atoms in total. The van der Waals surface area contributed by atoms with Crippen LogP contribution in [-0.4, -0.2) is 34.9 Å². The molecule has 1 aliphatic rings. The number of nitrogens with one attached hydrogen (secondary N) is 2. The van der Waals surface area contributed by atoms with Crippen molar-refractivity contribution >= 4 is 16.8 Å². The summed E-state index contributed by atoms with van der Waals surface area (Å²) in [4.78, 5) is 28.5. The van der Waals surface area contributed by atoms with Crippen molar-refractivity contribution in [2.24, 2.45) is 5.92 Å². The molecule has 0 spiro atoms. The van der Waals surface area contributed by atoms with Crippen molar-refractivity contribution in [1.82, 2.24) is 15.2 Å². The Bertz CT molecular complexity index is 768. The number of H-pyrrole nitrogens is 1. The monoisotopic (exact) mass is 313 g/mol. The van der Waals surface area contributed by atoms with E-state index in [-0.39, 0.29) is 11.5 Å². The first kappa shape index (κ1) is 15.7. The van der Waals surface area contributed by atoms with Crippen LogP contribution in [0.2, 0.25) is 0 Å². The van der Waals surface area contributed by atoms with E-state index in [1.54, 1.807) is 6.92 Å². The highest BCUT2D eigenvalue weighted by Gasteiger charge is 2.26. The van der Waals surface area contributed by atoms with Crippen molar-refractivity contribution < 1.29 is 4.79 Å². The topological polar surface area (TPSA) is 65.2 Å². The highest BCUT2D eigenvalue weighted by Crippen LogP contribution is 2.17. The van der Waals surface area contributed by atoms with Crippen LogP contribution in [0.1, 0.15) is 25.8 Å². The van der Waals surface area contributed by atoms with Gasteiger partial charge >= 0.3 is 0 Å². The Morgan fingerprint density at radius 1 is 1.39 bits per heavy atom. The van der Waals surface area contributed by atoms with Gasteiger partial charge in [0.25, 0.3) is 5.56 Å². The molecule has 5 heteroatoms. The van der Waals surface area contributed by atoms with E-state index in [9.17, 15) is 9.59 Å². The van der Waals surface area contributed by atoms with E-state index in [0.29, 0.717) is 18.5 Å². The lowest BCUT2D eigenvalue weighted by Gasteiger charge is -2.37. The van der Waals surface area contributed by atoms with E-state index in [1.165, 1.54) is 0 Å². The number of fused-ring (bicyclic) bond motifs is 1. The first-order valence-electron chi connectivity index (χ1n) is 8.14. The third-order valence-electron chi connectivity index (χ3n) is 4.74. The SMILES string of the molecule is CC(=O)N1CC[C@H](NCc2cc3ccccc3[nH]c2=O)[C@H](C)C1. The molecule has 1 saturated heterocycles. The van der Waals surface area contributed by atoms with Crippen LogP contribution < -0.4 is 10.9 Å². The minimum Gasteiger partial charge on any atom is -0.343 e. The van der Waals surface area contributed by atoms with Crippen LogP contribution >= 0.6 is 0 Å². The van der Waals surface area contributed by atoms with Crippen molar-refractivity contribution in [1.29, 1.82) is 0 Å². The van der Waals surface area contributed by atoms with Crippen LogP contribution in [0.15, 0.2) is 35.1 Å². The van der Waals surface area contributed by atoms with Gasteiger partial charge in [0.1, 0.15) is 0 Å². The number of carbonyl (C=O) groups excluding carboxylic acids is 1. The number of piperidine rings is 1. The summed E-state index contributed by atoms with van der Waals surface area (Å²) in [5.74, 6) is 0.522. The maximum atomic E-state index is 12.2. The number of para-hydroxylation sites is 1. The zero-order valence-corrected chi connectivity index (χ0v) is 13.6. The number of pyridine rings is 1. The molecule has 2 heterocycles. The smallest absolute Gasteiger partial charge is 0.252 e. The van der Waals surface area contributed by atoms with E-state index in [2.05, 4.69) is 17.2 Å². The third kappa shape index (κ3) is 3.45.